The van der Waals surface area contributed by atoms with Crippen LogP contribution < -0.4 is 14.8 Å². The Bertz CT molecular complexity index is 976. The minimum Gasteiger partial charge on any atom is -0.493 e. The number of carbonyl (C=O) groups is 1. The summed E-state index contributed by atoms with van der Waals surface area (Å²) in [6.45, 7) is 4.27. The number of hydrogen-bond acceptors (Lipinski definition) is 4. The molecule has 1 unspecified atom stereocenters. The lowest BCUT2D eigenvalue weighted by Gasteiger charge is -2.39. The number of rotatable bonds is 3. The highest BCUT2D eigenvalue weighted by atomic mass is 35.5. The van der Waals surface area contributed by atoms with Crippen molar-refractivity contribution >= 4 is 23.1 Å². The minimum absolute atomic E-state index is 0.0679. The van der Waals surface area contributed by atoms with E-state index in [0.29, 0.717) is 22.9 Å². The molecule has 146 valence electrons. The van der Waals surface area contributed by atoms with Crippen LogP contribution >= 0.6 is 11.6 Å². The number of ketones is 1. The highest BCUT2D eigenvalue weighted by Crippen LogP contribution is 2.51. The fraction of sp³-hybridized carbons (Fsp3) is 0.348. The van der Waals surface area contributed by atoms with Crippen LogP contribution in [0.5, 0.6) is 11.5 Å². The van der Waals surface area contributed by atoms with Crippen molar-refractivity contribution in [2.45, 2.75) is 32.6 Å². The van der Waals surface area contributed by atoms with E-state index in [1.165, 1.54) is 0 Å². The fourth-order valence-corrected chi connectivity index (χ4v) is 4.47. The van der Waals surface area contributed by atoms with Crippen molar-refractivity contribution in [2.24, 2.45) is 5.41 Å². The number of methoxy groups -OCH3 is 2. The van der Waals surface area contributed by atoms with Gasteiger partial charge in [-0.15, -0.1) is 0 Å². The molecule has 1 heterocycles. The number of carbonyl (C=O) groups excluding carboxylic acids is 1. The van der Waals surface area contributed by atoms with Crippen molar-refractivity contribution in [1.29, 1.82) is 0 Å². The summed E-state index contributed by atoms with van der Waals surface area (Å²) in [6, 6.07) is 11.7. The first-order valence-corrected chi connectivity index (χ1v) is 9.75. The molecule has 0 bridgehead atoms. The lowest BCUT2D eigenvalue weighted by Crippen LogP contribution is -2.33. The molecule has 5 heteroatoms. The normalized spacial score (nSPS) is 20.2. The van der Waals surface area contributed by atoms with Gasteiger partial charge in [-0.2, -0.15) is 0 Å². The van der Waals surface area contributed by atoms with E-state index in [1.807, 2.05) is 36.4 Å². The molecule has 0 fully saturated rings. The number of nitrogens with one attached hydrogen (secondary N) is 1. The van der Waals surface area contributed by atoms with Gasteiger partial charge < -0.3 is 14.8 Å². The first-order valence-electron chi connectivity index (χ1n) is 9.37. The van der Waals surface area contributed by atoms with Crippen LogP contribution in [0.2, 0.25) is 5.02 Å². The number of Topliss-reactive ketones (excluding diaryl/α,β-unsaturated/α-hetero) is 1. The van der Waals surface area contributed by atoms with Crippen molar-refractivity contribution in [3.63, 3.8) is 0 Å². The maximum Gasteiger partial charge on any atom is 0.162 e. The molecule has 0 saturated carbocycles. The van der Waals surface area contributed by atoms with Gasteiger partial charge in [0.15, 0.2) is 17.3 Å². The van der Waals surface area contributed by atoms with Crippen LogP contribution in [-0.2, 0) is 4.79 Å². The van der Waals surface area contributed by atoms with E-state index in [-0.39, 0.29) is 17.1 Å². The SMILES string of the molecule is COc1cc2c(cc1OC)C(c1ccc(Cl)cc1)C1=C(CC(C)(C)CC1=O)N2. The summed E-state index contributed by atoms with van der Waals surface area (Å²) in [7, 11) is 3.25. The second kappa shape index (κ2) is 6.85. The molecule has 2 aromatic rings. The van der Waals surface area contributed by atoms with E-state index < -0.39 is 0 Å². The Labute approximate surface area is 170 Å². The zero-order valence-corrected chi connectivity index (χ0v) is 17.3. The maximum absolute atomic E-state index is 13.2. The third-order valence-electron chi connectivity index (χ3n) is 5.56. The Morgan fingerprint density at radius 1 is 1.04 bits per heavy atom. The Kier molecular flexibility index (Phi) is 4.62. The Morgan fingerprint density at radius 3 is 2.32 bits per heavy atom. The van der Waals surface area contributed by atoms with E-state index in [0.717, 1.165) is 34.5 Å². The molecular weight excluding hydrogens is 374 g/mol. The third-order valence-corrected chi connectivity index (χ3v) is 5.82. The van der Waals surface area contributed by atoms with Crippen LogP contribution in [0, 0.1) is 5.41 Å². The predicted octanol–water partition coefficient (Wildman–Crippen LogP) is 5.56. The average Bonchev–Trinajstić information content (AvgIpc) is 2.65. The van der Waals surface area contributed by atoms with Crippen LogP contribution in [0.25, 0.3) is 0 Å². The van der Waals surface area contributed by atoms with Crippen molar-refractivity contribution < 1.29 is 14.3 Å². The summed E-state index contributed by atoms with van der Waals surface area (Å²) in [4.78, 5) is 13.2. The summed E-state index contributed by atoms with van der Waals surface area (Å²) < 4.78 is 11.0. The lowest BCUT2D eigenvalue weighted by atomic mass is 9.68. The van der Waals surface area contributed by atoms with Gasteiger partial charge >= 0.3 is 0 Å². The molecule has 0 saturated heterocycles. The predicted molar refractivity (Wildman–Crippen MR) is 112 cm³/mol. The van der Waals surface area contributed by atoms with Gasteiger partial charge in [0.1, 0.15) is 0 Å². The molecular formula is C23H24ClNO3. The summed E-state index contributed by atoms with van der Waals surface area (Å²) in [6.07, 6.45) is 1.37. The van der Waals surface area contributed by atoms with Gasteiger partial charge in [0.25, 0.3) is 0 Å². The van der Waals surface area contributed by atoms with Gasteiger partial charge in [-0.1, -0.05) is 37.6 Å². The number of halogens is 1. The van der Waals surface area contributed by atoms with E-state index in [9.17, 15) is 4.79 Å². The molecule has 0 radical (unpaired) electrons. The summed E-state index contributed by atoms with van der Waals surface area (Å²) >= 11 is 6.11. The molecule has 2 aromatic carbocycles. The van der Waals surface area contributed by atoms with E-state index >= 15 is 0 Å². The lowest BCUT2D eigenvalue weighted by molar-refractivity contribution is -0.118. The van der Waals surface area contributed by atoms with Crippen molar-refractivity contribution in [1.82, 2.24) is 0 Å². The Balaban J connectivity index is 1.95. The minimum atomic E-state index is -0.160. The summed E-state index contributed by atoms with van der Waals surface area (Å²) in [5.41, 5.74) is 4.78. The molecule has 28 heavy (non-hydrogen) atoms. The van der Waals surface area contributed by atoms with Gasteiger partial charge in [-0.05, 0) is 41.2 Å². The monoisotopic (exact) mass is 397 g/mol. The third kappa shape index (κ3) is 3.16. The van der Waals surface area contributed by atoms with Gasteiger partial charge in [0.05, 0.1) is 14.2 Å². The standard InChI is InChI=1S/C23H24ClNO3/c1-23(2)11-17-22(18(26)12-23)21(13-5-7-14(24)8-6-13)15-9-19(27-3)20(28-4)10-16(15)25-17/h5-10,21,25H,11-12H2,1-4H3. The Hall–Kier alpha value is -2.46. The molecule has 0 aromatic heterocycles. The quantitative estimate of drug-likeness (QED) is 0.736. The molecule has 4 rings (SSSR count). The number of benzene rings is 2. The molecule has 0 spiro atoms. The summed E-state index contributed by atoms with van der Waals surface area (Å²) in [5, 5.41) is 4.20. The molecule has 1 aliphatic heterocycles. The summed E-state index contributed by atoms with van der Waals surface area (Å²) in [5.74, 6) is 1.34. The van der Waals surface area contributed by atoms with Crippen molar-refractivity contribution in [3.8, 4) is 11.5 Å². The highest BCUT2D eigenvalue weighted by molar-refractivity contribution is 6.30. The van der Waals surface area contributed by atoms with Gasteiger partial charge in [0, 0.05) is 40.4 Å². The first kappa shape index (κ1) is 18.9. The van der Waals surface area contributed by atoms with E-state index in [4.69, 9.17) is 21.1 Å². The highest BCUT2D eigenvalue weighted by Gasteiger charge is 2.41. The molecule has 2 aliphatic rings. The number of ether oxygens (including phenoxy) is 2. The topological polar surface area (TPSA) is 47.6 Å². The molecule has 1 atom stereocenters. The van der Waals surface area contributed by atoms with E-state index in [2.05, 4.69) is 19.2 Å². The smallest absolute Gasteiger partial charge is 0.162 e. The fourth-order valence-electron chi connectivity index (χ4n) is 4.34. The molecule has 0 amide bonds. The largest absolute Gasteiger partial charge is 0.493 e. The molecule has 4 nitrogen and oxygen atoms in total. The van der Waals surface area contributed by atoms with Gasteiger partial charge in [0.2, 0.25) is 0 Å². The number of allylic oxidation sites excluding steroid dienone is 2. The van der Waals surface area contributed by atoms with Gasteiger partial charge in [-0.3, -0.25) is 4.79 Å². The van der Waals surface area contributed by atoms with Crippen LogP contribution in [0.3, 0.4) is 0 Å². The first-order chi connectivity index (χ1) is 13.3. The van der Waals surface area contributed by atoms with Crippen molar-refractivity contribution in [2.75, 3.05) is 19.5 Å². The molecule has 1 aliphatic carbocycles. The van der Waals surface area contributed by atoms with Crippen LogP contribution in [0.1, 0.15) is 43.7 Å². The maximum atomic E-state index is 13.2. The van der Waals surface area contributed by atoms with Crippen molar-refractivity contribution in [3.05, 3.63) is 63.8 Å². The second-order valence-corrected chi connectivity index (χ2v) is 8.67. The number of hydrogen-bond donors (Lipinski definition) is 1. The number of fused-ring (bicyclic) bond motifs is 1. The zero-order valence-electron chi connectivity index (χ0n) is 16.6. The molecule has 1 N–H and O–H groups in total. The van der Waals surface area contributed by atoms with E-state index in [1.54, 1.807) is 14.2 Å². The second-order valence-electron chi connectivity index (χ2n) is 8.24. The number of anilines is 1. The van der Waals surface area contributed by atoms with Crippen LogP contribution in [-0.4, -0.2) is 20.0 Å². The van der Waals surface area contributed by atoms with Crippen LogP contribution in [0.4, 0.5) is 5.69 Å². The average molecular weight is 398 g/mol. The Morgan fingerprint density at radius 2 is 1.68 bits per heavy atom. The van der Waals surface area contributed by atoms with Crippen LogP contribution in [0.15, 0.2) is 47.7 Å². The van der Waals surface area contributed by atoms with Gasteiger partial charge in [-0.25, -0.2) is 0 Å². The zero-order chi connectivity index (χ0) is 20.1.